The lowest BCUT2D eigenvalue weighted by atomic mass is 9.92. The molecule has 0 unspecified atom stereocenters. The molecule has 0 bridgehead atoms. The fraction of sp³-hybridized carbons (Fsp3) is 0.500. The molecule has 2 aliphatic rings. The predicted molar refractivity (Wildman–Crippen MR) is 85.9 cm³/mol. The van der Waals surface area contributed by atoms with E-state index in [1.54, 1.807) is 23.1 Å². The van der Waals surface area contributed by atoms with Crippen LogP contribution in [0.25, 0.3) is 0 Å². The van der Waals surface area contributed by atoms with Crippen LogP contribution in [0.1, 0.15) is 12.8 Å². The van der Waals surface area contributed by atoms with Crippen LogP contribution in [-0.4, -0.2) is 41.6 Å². The largest absolute Gasteiger partial charge is 0.484 e. The summed E-state index contributed by atoms with van der Waals surface area (Å²) in [6, 6.07) is 4.74. The van der Waals surface area contributed by atoms with E-state index in [2.05, 4.69) is 0 Å². The molecule has 3 rings (SSSR count). The Kier molecular flexibility index (Phi) is 4.69. The monoisotopic (exact) mass is 357 g/mol. The number of halogens is 2. The Labute approximate surface area is 144 Å². The van der Waals surface area contributed by atoms with Crippen molar-refractivity contribution in [2.24, 2.45) is 17.8 Å². The van der Waals surface area contributed by atoms with Crippen molar-refractivity contribution in [2.45, 2.75) is 12.8 Å². The summed E-state index contributed by atoms with van der Waals surface area (Å²) in [6.45, 7) is 0.607. The summed E-state index contributed by atoms with van der Waals surface area (Å²) in [5.41, 5.74) is 0. The van der Waals surface area contributed by atoms with Gasteiger partial charge in [0.1, 0.15) is 5.75 Å². The number of rotatable bonds is 5. The van der Waals surface area contributed by atoms with Crippen LogP contribution < -0.4 is 4.74 Å². The number of carbonyl (C=O) groups is 2. The standard InChI is InChI=1S/C16H17Cl2NO4/c17-10-3-11(18)5-12(4-10)23-8-15(20)19-6-13(9-1-2-9)14(7-19)16(21)22/h3-5,9,13-14H,1-2,6-8H2,(H,21,22)/t13-,14+/m1/s1. The van der Waals surface area contributed by atoms with Gasteiger partial charge in [-0.3, -0.25) is 9.59 Å². The van der Waals surface area contributed by atoms with Crippen LogP contribution in [0.3, 0.4) is 0 Å². The quantitative estimate of drug-likeness (QED) is 0.879. The fourth-order valence-corrected chi connectivity index (χ4v) is 3.65. The SMILES string of the molecule is O=C(O)[C@H]1CN(C(=O)COc2cc(Cl)cc(Cl)c2)C[C@@H]1C1CC1. The van der Waals surface area contributed by atoms with Crippen molar-refractivity contribution in [3.05, 3.63) is 28.2 Å². The zero-order valence-corrected chi connectivity index (χ0v) is 13.9. The van der Waals surface area contributed by atoms with Gasteiger partial charge >= 0.3 is 5.97 Å². The molecule has 124 valence electrons. The van der Waals surface area contributed by atoms with E-state index >= 15 is 0 Å². The number of nitrogens with zero attached hydrogens (tertiary/aromatic N) is 1. The first kappa shape index (κ1) is 16.4. The molecule has 23 heavy (non-hydrogen) atoms. The molecule has 1 aliphatic heterocycles. The molecule has 1 aromatic carbocycles. The second-order valence-corrected chi connectivity index (χ2v) is 7.01. The van der Waals surface area contributed by atoms with Crippen LogP contribution >= 0.6 is 23.2 Å². The van der Waals surface area contributed by atoms with Crippen LogP contribution in [0.2, 0.25) is 10.0 Å². The number of likely N-dealkylation sites (tertiary alicyclic amines) is 1. The highest BCUT2D eigenvalue weighted by atomic mass is 35.5. The second-order valence-electron chi connectivity index (χ2n) is 6.14. The number of amides is 1. The molecule has 7 heteroatoms. The summed E-state index contributed by atoms with van der Waals surface area (Å²) in [7, 11) is 0. The molecule has 1 N–H and O–H groups in total. The molecule has 1 amide bonds. The van der Waals surface area contributed by atoms with E-state index in [0.29, 0.717) is 28.3 Å². The van der Waals surface area contributed by atoms with E-state index in [1.165, 1.54) is 0 Å². The Hall–Kier alpha value is -1.46. The third-order valence-corrected chi connectivity index (χ3v) is 4.90. The van der Waals surface area contributed by atoms with E-state index in [9.17, 15) is 14.7 Å². The first-order valence-electron chi connectivity index (χ1n) is 7.53. The number of carbonyl (C=O) groups excluding carboxylic acids is 1. The molecular weight excluding hydrogens is 341 g/mol. The maximum atomic E-state index is 12.3. The maximum Gasteiger partial charge on any atom is 0.308 e. The van der Waals surface area contributed by atoms with E-state index < -0.39 is 11.9 Å². The van der Waals surface area contributed by atoms with E-state index in [-0.39, 0.29) is 25.0 Å². The van der Waals surface area contributed by atoms with E-state index in [0.717, 1.165) is 12.8 Å². The number of benzene rings is 1. The molecule has 2 atom stereocenters. The van der Waals surface area contributed by atoms with Crippen LogP contribution in [0.4, 0.5) is 0 Å². The van der Waals surface area contributed by atoms with Crippen LogP contribution in [0.5, 0.6) is 5.75 Å². The van der Waals surface area contributed by atoms with Gasteiger partial charge in [0.25, 0.3) is 5.91 Å². The van der Waals surface area contributed by atoms with Crippen LogP contribution in [-0.2, 0) is 9.59 Å². The van der Waals surface area contributed by atoms with Crippen molar-refractivity contribution in [2.75, 3.05) is 19.7 Å². The van der Waals surface area contributed by atoms with Gasteiger partial charge in [-0.1, -0.05) is 23.2 Å². The Bertz CT molecular complexity index is 612. The highest BCUT2D eigenvalue weighted by molar-refractivity contribution is 6.34. The minimum atomic E-state index is -0.820. The van der Waals surface area contributed by atoms with E-state index in [4.69, 9.17) is 27.9 Å². The van der Waals surface area contributed by atoms with Gasteiger partial charge in [-0.05, 0) is 42.9 Å². The number of aliphatic carboxylic acids is 1. The van der Waals surface area contributed by atoms with Gasteiger partial charge in [0, 0.05) is 23.1 Å². The highest BCUT2D eigenvalue weighted by Gasteiger charge is 2.46. The summed E-state index contributed by atoms with van der Waals surface area (Å²) < 4.78 is 5.44. The van der Waals surface area contributed by atoms with Crippen molar-refractivity contribution in [3.63, 3.8) is 0 Å². The summed E-state index contributed by atoms with van der Waals surface area (Å²) in [6.07, 6.45) is 2.13. The first-order valence-corrected chi connectivity index (χ1v) is 8.29. The first-order chi connectivity index (χ1) is 10.9. The number of ether oxygens (including phenoxy) is 1. The van der Waals surface area contributed by atoms with Gasteiger partial charge in [0.05, 0.1) is 5.92 Å². The Morgan fingerprint density at radius 1 is 1.17 bits per heavy atom. The average Bonchev–Trinajstić information content (AvgIpc) is 3.22. The zero-order valence-electron chi connectivity index (χ0n) is 12.4. The zero-order chi connectivity index (χ0) is 16.6. The predicted octanol–water partition coefficient (Wildman–Crippen LogP) is 2.94. The van der Waals surface area contributed by atoms with Gasteiger partial charge < -0.3 is 14.7 Å². The molecule has 1 saturated carbocycles. The van der Waals surface area contributed by atoms with Crippen molar-refractivity contribution >= 4 is 35.1 Å². The van der Waals surface area contributed by atoms with Gasteiger partial charge in [-0.2, -0.15) is 0 Å². The smallest absolute Gasteiger partial charge is 0.308 e. The second kappa shape index (κ2) is 6.57. The number of carboxylic acids is 1. The van der Waals surface area contributed by atoms with Gasteiger partial charge in [0.2, 0.25) is 0 Å². The van der Waals surface area contributed by atoms with Crippen LogP contribution in [0, 0.1) is 17.8 Å². The lowest BCUT2D eigenvalue weighted by molar-refractivity contribution is -0.142. The van der Waals surface area contributed by atoms with Crippen molar-refractivity contribution in [1.29, 1.82) is 0 Å². The third-order valence-electron chi connectivity index (χ3n) is 4.46. The molecular formula is C16H17Cl2NO4. The minimum Gasteiger partial charge on any atom is -0.484 e. The van der Waals surface area contributed by atoms with Crippen molar-refractivity contribution in [3.8, 4) is 5.75 Å². The molecule has 5 nitrogen and oxygen atoms in total. The molecule has 1 saturated heterocycles. The molecule has 0 radical (unpaired) electrons. The summed E-state index contributed by atoms with van der Waals surface area (Å²) in [4.78, 5) is 25.2. The fourth-order valence-electron chi connectivity index (χ4n) is 3.14. The number of hydrogen-bond donors (Lipinski definition) is 1. The number of hydrogen-bond acceptors (Lipinski definition) is 3. The Morgan fingerprint density at radius 2 is 1.83 bits per heavy atom. The Balaban J connectivity index is 1.59. The highest BCUT2D eigenvalue weighted by Crippen LogP contribution is 2.44. The maximum absolute atomic E-state index is 12.3. The lowest BCUT2D eigenvalue weighted by Gasteiger charge is -2.16. The Morgan fingerprint density at radius 3 is 2.39 bits per heavy atom. The number of carboxylic acid groups (broad SMARTS) is 1. The van der Waals surface area contributed by atoms with Gasteiger partial charge in [-0.25, -0.2) is 0 Å². The third kappa shape index (κ3) is 3.90. The molecule has 0 aromatic heterocycles. The molecule has 1 aliphatic carbocycles. The van der Waals surface area contributed by atoms with E-state index in [1.807, 2.05) is 0 Å². The average molecular weight is 358 g/mol. The van der Waals surface area contributed by atoms with Crippen molar-refractivity contribution < 1.29 is 19.4 Å². The molecule has 2 fully saturated rings. The molecule has 0 spiro atoms. The normalized spacial score (nSPS) is 23.8. The van der Waals surface area contributed by atoms with Crippen molar-refractivity contribution in [1.82, 2.24) is 4.90 Å². The van der Waals surface area contributed by atoms with Gasteiger partial charge in [0.15, 0.2) is 6.61 Å². The lowest BCUT2D eigenvalue weighted by Crippen LogP contribution is -2.33. The van der Waals surface area contributed by atoms with Crippen LogP contribution in [0.15, 0.2) is 18.2 Å². The van der Waals surface area contributed by atoms with Gasteiger partial charge in [-0.15, -0.1) is 0 Å². The molecule has 1 heterocycles. The molecule has 1 aromatic rings. The summed E-state index contributed by atoms with van der Waals surface area (Å²) in [5.74, 6) is -0.565. The minimum absolute atomic E-state index is 0.0667. The summed E-state index contributed by atoms with van der Waals surface area (Å²) >= 11 is 11.8. The topological polar surface area (TPSA) is 66.8 Å². The summed E-state index contributed by atoms with van der Waals surface area (Å²) in [5, 5.41) is 10.2.